The fraction of sp³-hybridized carbons (Fsp3) is 0.529. The van der Waals surface area contributed by atoms with Crippen LogP contribution in [-0.4, -0.2) is 23.2 Å². The van der Waals surface area contributed by atoms with Gasteiger partial charge in [0.1, 0.15) is 0 Å². The predicted octanol–water partition coefficient (Wildman–Crippen LogP) is 2.41. The average Bonchev–Trinajstić information content (AvgIpc) is 2.89. The summed E-state index contributed by atoms with van der Waals surface area (Å²) in [4.78, 5) is 0. The largest absolute Gasteiger partial charge is 0.351 e. The van der Waals surface area contributed by atoms with Crippen molar-refractivity contribution in [1.82, 2.24) is 19.8 Å². The second-order valence-corrected chi connectivity index (χ2v) is 5.55. The zero-order valence-electron chi connectivity index (χ0n) is 14.5. The van der Waals surface area contributed by atoms with Crippen molar-refractivity contribution in [3.8, 4) is 0 Å². The van der Waals surface area contributed by atoms with Crippen LogP contribution < -0.4 is 10.6 Å². The van der Waals surface area contributed by atoms with E-state index < -0.39 is 0 Å². The van der Waals surface area contributed by atoms with Gasteiger partial charge >= 0.3 is 0 Å². The van der Waals surface area contributed by atoms with Crippen molar-refractivity contribution in [1.29, 1.82) is 0 Å². The highest BCUT2D eigenvalue weighted by atomic mass is 15.0. The molecular weight excluding hydrogens is 260 g/mol. The van der Waals surface area contributed by atoms with Gasteiger partial charge in [0.05, 0.1) is 0 Å². The fourth-order valence-corrected chi connectivity index (χ4v) is 2.31. The van der Waals surface area contributed by atoms with Gasteiger partial charge in [0.25, 0.3) is 0 Å². The molecule has 4 heteroatoms. The van der Waals surface area contributed by atoms with Gasteiger partial charge in [-0.05, 0) is 58.6 Å². The summed E-state index contributed by atoms with van der Waals surface area (Å²) in [5.41, 5.74) is 6.72. The van der Waals surface area contributed by atoms with E-state index in [1.807, 2.05) is 14.1 Å². The SMILES string of the molecule is CNCc1cc(C)c(C)n1C.CNCc1ccc(C)n1C. The van der Waals surface area contributed by atoms with Gasteiger partial charge in [-0.1, -0.05) is 0 Å². The van der Waals surface area contributed by atoms with E-state index in [9.17, 15) is 0 Å². The molecule has 0 aromatic carbocycles. The number of aromatic nitrogens is 2. The van der Waals surface area contributed by atoms with E-state index in [1.165, 1.54) is 28.3 Å². The van der Waals surface area contributed by atoms with Gasteiger partial charge in [-0.2, -0.15) is 0 Å². The summed E-state index contributed by atoms with van der Waals surface area (Å²) in [6.45, 7) is 8.30. The lowest BCUT2D eigenvalue weighted by Crippen LogP contribution is -2.09. The molecule has 0 saturated heterocycles. The lowest BCUT2D eigenvalue weighted by atomic mass is 10.3. The standard InChI is InChI=1S/C9H16N2.C8H14N2/c1-7-5-9(6-10-3)11(4)8(7)2;1-7-4-5-8(6-9-2)10(7)3/h5,10H,6H2,1-4H3;4-5,9H,6H2,1-3H3. The van der Waals surface area contributed by atoms with Gasteiger partial charge in [0, 0.05) is 50.0 Å². The quantitative estimate of drug-likeness (QED) is 0.907. The van der Waals surface area contributed by atoms with Crippen molar-refractivity contribution in [2.24, 2.45) is 14.1 Å². The maximum Gasteiger partial charge on any atom is 0.0357 e. The summed E-state index contributed by atoms with van der Waals surface area (Å²) in [6.07, 6.45) is 0. The van der Waals surface area contributed by atoms with E-state index in [4.69, 9.17) is 0 Å². The van der Waals surface area contributed by atoms with Gasteiger partial charge in [-0.3, -0.25) is 0 Å². The first-order valence-corrected chi connectivity index (χ1v) is 7.44. The molecule has 0 atom stereocenters. The topological polar surface area (TPSA) is 33.9 Å². The first-order chi connectivity index (χ1) is 9.92. The summed E-state index contributed by atoms with van der Waals surface area (Å²) in [5.74, 6) is 0. The Morgan fingerprint density at radius 1 is 0.857 bits per heavy atom. The molecule has 0 fully saturated rings. The second kappa shape index (κ2) is 8.05. The molecule has 0 spiro atoms. The molecule has 0 saturated carbocycles. The summed E-state index contributed by atoms with van der Waals surface area (Å²) in [6, 6.07) is 6.50. The summed E-state index contributed by atoms with van der Waals surface area (Å²) in [5, 5.41) is 6.26. The molecule has 0 aliphatic rings. The number of hydrogen-bond acceptors (Lipinski definition) is 2. The molecule has 0 bridgehead atoms. The molecule has 0 aliphatic heterocycles. The summed E-state index contributed by atoms with van der Waals surface area (Å²) in [7, 11) is 8.12. The van der Waals surface area contributed by atoms with Crippen molar-refractivity contribution >= 4 is 0 Å². The zero-order valence-corrected chi connectivity index (χ0v) is 14.5. The van der Waals surface area contributed by atoms with Crippen LogP contribution in [0.3, 0.4) is 0 Å². The Balaban J connectivity index is 0.000000211. The van der Waals surface area contributed by atoms with Crippen LogP contribution in [-0.2, 0) is 27.2 Å². The Labute approximate surface area is 129 Å². The van der Waals surface area contributed by atoms with E-state index in [0.717, 1.165) is 13.1 Å². The third-order valence-corrected chi connectivity index (χ3v) is 4.08. The fourth-order valence-electron chi connectivity index (χ4n) is 2.31. The van der Waals surface area contributed by atoms with Gasteiger partial charge < -0.3 is 19.8 Å². The van der Waals surface area contributed by atoms with Crippen molar-refractivity contribution in [2.45, 2.75) is 33.9 Å². The molecule has 2 N–H and O–H groups in total. The van der Waals surface area contributed by atoms with Crippen LogP contribution in [0.15, 0.2) is 18.2 Å². The van der Waals surface area contributed by atoms with Crippen LogP contribution in [0.2, 0.25) is 0 Å². The van der Waals surface area contributed by atoms with Crippen LogP contribution in [0.5, 0.6) is 0 Å². The van der Waals surface area contributed by atoms with E-state index >= 15 is 0 Å². The monoisotopic (exact) mass is 290 g/mol. The minimum absolute atomic E-state index is 0.949. The molecule has 2 heterocycles. The highest BCUT2D eigenvalue weighted by Gasteiger charge is 2.03. The van der Waals surface area contributed by atoms with Gasteiger partial charge in [0.15, 0.2) is 0 Å². The molecule has 118 valence electrons. The number of hydrogen-bond donors (Lipinski definition) is 2. The first-order valence-electron chi connectivity index (χ1n) is 7.44. The van der Waals surface area contributed by atoms with E-state index in [-0.39, 0.29) is 0 Å². The Morgan fingerprint density at radius 3 is 1.81 bits per heavy atom. The number of aryl methyl sites for hydroxylation is 2. The third kappa shape index (κ3) is 4.48. The van der Waals surface area contributed by atoms with Crippen LogP contribution in [0.25, 0.3) is 0 Å². The van der Waals surface area contributed by atoms with Crippen molar-refractivity contribution in [3.63, 3.8) is 0 Å². The number of rotatable bonds is 4. The molecular formula is C17H30N4. The van der Waals surface area contributed by atoms with Crippen LogP contribution in [0.1, 0.15) is 28.3 Å². The second-order valence-electron chi connectivity index (χ2n) is 5.55. The highest BCUT2D eigenvalue weighted by Crippen LogP contribution is 2.11. The first kappa shape index (κ1) is 17.5. The Hall–Kier alpha value is -1.52. The molecule has 0 radical (unpaired) electrons. The lowest BCUT2D eigenvalue weighted by Gasteiger charge is -2.03. The molecule has 4 nitrogen and oxygen atoms in total. The average molecular weight is 290 g/mol. The van der Waals surface area contributed by atoms with Crippen LogP contribution in [0.4, 0.5) is 0 Å². The lowest BCUT2D eigenvalue weighted by molar-refractivity contribution is 0.722. The highest BCUT2D eigenvalue weighted by molar-refractivity contribution is 5.25. The van der Waals surface area contributed by atoms with Crippen molar-refractivity contribution in [2.75, 3.05) is 14.1 Å². The van der Waals surface area contributed by atoms with Crippen LogP contribution >= 0.6 is 0 Å². The molecule has 2 aromatic rings. The molecule has 0 unspecified atom stereocenters. The molecule has 21 heavy (non-hydrogen) atoms. The van der Waals surface area contributed by atoms with Gasteiger partial charge in [0.2, 0.25) is 0 Å². The van der Waals surface area contributed by atoms with E-state index in [1.54, 1.807) is 0 Å². The minimum atomic E-state index is 0.949. The maximum absolute atomic E-state index is 3.14. The van der Waals surface area contributed by atoms with Gasteiger partial charge in [-0.25, -0.2) is 0 Å². The Morgan fingerprint density at radius 2 is 1.43 bits per heavy atom. The molecule has 2 aromatic heterocycles. The maximum atomic E-state index is 3.14. The summed E-state index contributed by atoms with van der Waals surface area (Å²) >= 11 is 0. The Kier molecular flexibility index (Phi) is 6.72. The third-order valence-electron chi connectivity index (χ3n) is 4.08. The smallest absolute Gasteiger partial charge is 0.0357 e. The summed E-state index contributed by atoms with van der Waals surface area (Å²) < 4.78 is 4.42. The number of nitrogens with one attached hydrogen (secondary N) is 2. The van der Waals surface area contributed by atoms with Crippen LogP contribution in [0, 0.1) is 20.8 Å². The van der Waals surface area contributed by atoms with Crippen molar-refractivity contribution < 1.29 is 0 Å². The van der Waals surface area contributed by atoms with Gasteiger partial charge in [-0.15, -0.1) is 0 Å². The van der Waals surface area contributed by atoms with E-state index in [2.05, 4.69) is 72.8 Å². The molecule has 0 aliphatic carbocycles. The number of nitrogens with zero attached hydrogens (tertiary/aromatic N) is 2. The molecule has 2 rings (SSSR count). The minimum Gasteiger partial charge on any atom is -0.351 e. The van der Waals surface area contributed by atoms with E-state index in [0.29, 0.717) is 0 Å². The molecule has 0 amide bonds. The predicted molar refractivity (Wildman–Crippen MR) is 90.6 cm³/mol. The zero-order chi connectivity index (χ0) is 16.0. The van der Waals surface area contributed by atoms with Crippen molar-refractivity contribution in [3.05, 3.63) is 46.5 Å². The Bertz CT molecular complexity index is 564. The normalized spacial score (nSPS) is 10.4.